The summed E-state index contributed by atoms with van der Waals surface area (Å²) < 4.78 is 5.45. The molecule has 0 saturated carbocycles. The molecule has 0 aromatic heterocycles. The van der Waals surface area contributed by atoms with Gasteiger partial charge in [0.25, 0.3) is 0 Å². The minimum Gasteiger partial charge on any atom is -0.466 e. The van der Waals surface area contributed by atoms with Gasteiger partial charge in [-0.3, -0.25) is 9.59 Å². The van der Waals surface area contributed by atoms with Gasteiger partial charge in [-0.05, 0) is 83.5 Å². The van der Waals surface area contributed by atoms with E-state index in [-0.39, 0.29) is 18.5 Å². The van der Waals surface area contributed by atoms with Gasteiger partial charge in [-0.15, -0.1) is 0 Å². The van der Waals surface area contributed by atoms with Crippen LogP contribution >= 0.6 is 0 Å². The topological polar surface area (TPSA) is 95.9 Å². The quantitative estimate of drug-likeness (QED) is 0.0321. The van der Waals surface area contributed by atoms with E-state index in [1.54, 1.807) is 0 Å². The maximum absolute atomic E-state index is 12.5. The lowest BCUT2D eigenvalue weighted by atomic mass is 10.0. The van der Waals surface area contributed by atoms with E-state index in [4.69, 9.17) is 4.74 Å². The monoisotopic (exact) mass is 942 g/mol. The van der Waals surface area contributed by atoms with Crippen molar-refractivity contribution >= 4 is 11.9 Å². The van der Waals surface area contributed by atoms with Crippen molar-refractivity contribution in [2.75, 3.05) is 13.2 Å². The molecule has 2 atom stereocenters. The average molecular weight is 943 g/mol. The first-order valence-corrected chi connectivity index (χ1v) is 29.7. The maximum atomic E-state index is 12.5. The number of amides is 1. The van der Waals surface area contributed by atoms with Gasteiger partial charge in [0.1, 0.15) is 0 Å². The Hall–Kier alpha value is -1.92. The van der Waals surface area contributed by atoms with Crippen LogP contribution in [0.25, 0.3) is 0 Å². The van der Waals surface area contributed by atoms with E-state index >= 15 is 0 Å². The number of aliphatic hydroxyl groups is 2. The lowest BCUT2D eigenvalue weighted by Gasteiger charge is -2.22. The highest BCUT2D eigenvalue weighted by Crippen LogP contribution is 2.17. The number of hydrogen-bond acceptors (Lipinski definition) is 5. The zero-order valence-electron chi connectivity index (χ0n) is 44.9. The van der Waals surface area contributed by atoms with Gasteiger partial charge in [0.05, 0.1) is 25.4 Å². The fraction of sp³-hybridized carbons (Fsp3) is 0.869. The Morgan fingerprint density at radius 1 is 0.418 bits per heavy atom. The molecule has 0 saturated heterocycles. The van der Waals surface area contributed by atoms with Crippen molar-refractivity contribution in [3.63, 3.8) is 0 Å². The van der Waals surface area contributed by atoms with Crippen LogP contribution in [-0.2, 0) is 14.3 Å². The first kappa shape index (κ1) is 65.1. The number of unbranched alkanes of at least 4 members (excludes halogenated alkanes) is 38. The summed E-state index contributed by atoms with van der Waals surface area (Å²) >= 11 is 0. The minimum absolute atomic E-state index is 0.0431. The van der Waals surface area contributed by atoms with E-state index in [1.807, 2.05) is 0 Å². The van der Waals surface area contributed by atoms with Crippen LogP contribution in [0, 0.1) is 0 Å². The maximum Gasteiger partial charge on any atom is 0.305 e. The second-order valence-electron chi connectivity index (χ2n) is 20.3. The Morgan fingerprint density at radius 2 is 0.746 bits per heavy atom. The third-order valence-corrected chi connectivity index (χ3v) is 13.7. The zero-order chi connectivity index (χ0) is 48.6. The molecule has 0 aromatic rings. The highest BCUT2D eigenvalue weighted by atomic mass is 16.5. The van der Waals surface area contributed by atoms with Crippen LogP contribution in [0.3, 0.4) is 0 Å². The highest BCUT2D eigenvalue weighted by molar-refractivity contribution is 5.76. The third kappa shape index (κ3) is 53.3. The number of esters is 1. The molecule has 0 aliphatic carbocycles. The Bertz CT molecular complexity index is 1090. The molecule has 2 unspecified atom stereocenters. The third-order valence-electron chi connectivity index (χ3n) is 13.7. The van der Waals surface area contributed by atoms with Crippen molar-refractivity contribution in [1.82, 2.24) is 5.32 Å². The summed E-state index contributed by atoms with van der Waals surface area (Å²) in [5.41, 5.74) is 0. The van der Waals surface area contributed by atoms with Gasteiger partial charge in [0.15, 0.2) is 0 Å². The van der Waals surface area contributed by atoms with Crippen molar-refractivity contribution < 1.29 is 24.5 Å². The van der Waals surface area contributed by atoms with Gasteiger partial charge < -0.3 is 20.3 Å². The number of carbonyl (C=O) groups is 2. The first-order chi connectivity index (χ1) is 33.0. The van der Waals surface area contributed by atoms with E-state index in [2.05, 4.69) is 55.6 Å². The van der Waals surface area contributed by atoms with Gasteiger partial charge in [0.2, 0.25) is 5.91 Å². The second-order valence-corrected chi connectivity index (χ2v) is 20.3. The van der Waals surface area contributed by atoms with Gasteiger partial charge in [-0.25, -0.2) is 0 Å². The second kappa shape index (κ2) is 56.7. The number of ether oxygens (including phenoxy) is 1. The smallest absolute Gasteiger partial charge is 0.305 e. The lowest BCUT2D eigenvalue weighted by molar-refractivity contribution is -0.143. The number of carbonyl (C=O) groups excluding carboxylic acids is 2. The van der Waals surface area contributed by atoms with Gasteiger partial charge in [-0.2, -0.15) is 0 Å². The van der Waals surface area contributed by atoms with Crippen LogP contribution in [0.1, 0.15) is 316 Å². The normalized spacial score (nSPS) is 12.8. The van der Waals surface area contributed by atoms with E-state index in [1.165, 1.54) is 199 Å². The van der Waals surface area contributed by atoms with E-state index < -0.39 is 12.1 Å². The van der Waals surface area contributed by atoms with Crippen molar-refractivity contribution in [1.29, 1.82) is 0 Å². The number of aliphatic hydroxyl groups excluding tert-OH is 2. The predicted octanol–water partition coefficient (Wildman–Crippen LogP) is 18.4. The average Bonchev–Trinajstić information content (AvgIpc) is 3.33. The van der Waals surface area contributed by atoms with Gasteiger partial charge in [-0.1, -0.05) is 256 Å². The van der Waals surface area contributed by atoms with Crippen LogP contribution in [0.15, 0.2) is 36.5 Å². The number of hydrogen-bond donors (Lipinski definition) is 3. The molecule has 0 bridgehead atoms. The lowest BCUT2D eigenvalue weighted by Crippen LogP contribution is -2.45. The van der Waals surface area contributed by atoms with Crippen LogP contribution in [0.5, 0.6) is 0 Å². The summed E-state index contributed by atoms with van der Waals surface area (Å²) in [6.45, 7) is 4.86. The summed E-state index contributed by atoms with van der Waals surface area (Å²) in [4.78, 5) is 24.6. The van der Waals surface area contributed by atoms with Gasteiger partial charge in [0, 0.05) is 12.8 Å². The molecule has 0 heterocycles. The molecule has 6 heteroatoms. The molecule has 6 nitrogen and oxygen atoms in total. The molecule has 0 radical (unpaired) electrons. The molecule has 0 aliphatic heterocycles. The standard InChI is InChI=1S/C61H115NO5/c1-3-5-7-9-11-13-15-17-19-21-23-24-25-26-27-29-31-33-37-41-45-49-53-59(64)58(57-63)62-60(65)54-50-46-42-38-35-36-40-44-48-52-56-67-61(66)55-51-47-43-39-34-32-30-28-22-20-18-16-14-12-10-8-6-4-2/h14,16,20,22,36,40,58-59,63-64H,3-13,15,17-19,21,23-35,37-39,41-57H2,1-2H3,(H,62,65)/b16-14-,22-20-,40-36-. The first-order valence-electron chi connectivity index (χ1n) is 29.7. The predicted molar refractivity (Wildman–Crippen MR) is 292 cm³/mol. The Morgan fingerprint density at radius 3 is 1.16 bits per heavy atom. The molecule has 1 amide bonds. The van der Waals surface area contributed by atoms with Crippen molar-refractivity contribution in [2.45, 2.75) is 328 Å². The molecule has 0 spiro atoms. The molecule has 0 fully saturated rings. The Balaban J connectivity index is 3.51. The summed E-state index contributed by atoms with van der Waals surface area (Å²) in [5.74, 6) is -0.112. The van der Waals surface area contributed by atoms with E-state index in [0.717, 1.165) is 83.5 Å². The molecule has 0 rings (SSSR count). The van der Waals surface area contributed by atoms with Crippen LogP contribution < -0.4 is 5.32 Å². The fourth-order valence-electron chi connectivity index (χ4n) is 9.08. The molecule has 0 aromatic carbocycles. The van der Waals surface area contributed by atoms with Crippen LogP contribution in [0.2, 0.25) is 0 Å². The largest absolute Gasteiger partial charge is 0.466 e. The molecule has 394 valence electrons. The van der Waals surface area contributed by atoms with E-state index in [9.17, 15) is 19.8 Å². The van der Waals surface area contributed by atoms with E-state index in [0.29, 0.717) is 25.9 Å². The number of rotatable bonds is 55. The Labute approximate surface area is 417 Å². The van der Waals surface area contributed by atoms with Crippen molar-refractivity contribution in [3.05, 3.63) is 36.5 Å². The summed E-state index contributed by atoms with van der Waals surface area (Å²) in [6.07, 6.45) is 70.0. The zero-order valence-corrected chi connectivity index (χ0v) is 44.9. The molecule has 0 aliphatic rings. The molecule has 3 N–H and O–H groups in total. The molecular weight excluding hydrogens is 827 g/mol. The fourth-order valence-corrected chi connectivity index (χ4v) is 9.08. The highest BCUT2D eigenvalue weighted by Gasteiger charge is 2.20. The van der Waals surface area contributed by atoms with Crippen molar-refractivity contribution in [2.24, 2.45) is 0 Å². The summed E-state index contributed by atoms with van der Waals surface area (Å²) in [6, 6.07) is -0.569. The number of nitrogens with one attached hydrogen (secondary N) is 1. The van der Waals surface area contributed by atoms with Crippen LogP contribution in [-0.4, -0.2) is 47.4 Å². The van der Waals surface area contributed by atoms with Crippen LogP contribution in [0.4, 0.5) is 0 Å². The summed E-state index contributed by atoms with van der Waals surface area (Å²) in [7, 11) is 0. The molecule has 67 heavy (non-hydrogen) atoms. The van der Waals surface area contributed by atoms with Crippen molar-refractivity contribution in [3.8, 4) is 0 Å². The number of allylic oxidation sites excluding steroid dienone is 6. The molecular formula is C61H115NO5. The van der Waals surface area contributed by atoms with Gasteiger partial charge >= 0.3 is 5.97 Å². The Kier molecular flexibility index (Phi) is 55.0. The SMILES string of the molecule is CCCCCC/C=C\C/C=C\CCCCCCCCCC(=O)OCCCC/C=C\CCCCCCC(=O)NC(CO)C(O)CCCCCCCCCCCCCCCCCCCCCCCC. The minimum atomic E-state index is -0.688. The summed E-state index contributed by atoms with van der Waals surface area (Å²) in [5, 5.41) is 23.3.